The molecule has 1 saturated heterocycles. The molecule has 1 atom stereocenters. The first kappa shape index (κ1) is 13.4. The van der Waals surface area contributed by atoms with Crippen LogP contribution in [0.1, 0.15) is 25.0 Å². The summed E-state index contributed by atoms with van der Waals surface area (Å²) < 4.78 is 26.3. The number of nitrogens with one attached hydrogen (secondary N) is 2. The first-order valence-electron chi connectivity index (χ1n) is 6.11. The SMILES string of the molecule is O=S(=O)(CC1CCCCN1)NCc1ccncn1. The van der Waals surface area contributed by atoms with Crippen molar-refractivity contribution in [2.24, 2.45) is 0 Å². The highest BCUT2D eigenvalue weighted by Gasteiger charge is 2.20. The number of rotatable bonds is 5. The smallest absolute Gasteiger partial charge is 0.213 e. The molecule has 6 nitrogen and oxygen atoms in total. The lowest BCUT2D eigenvalue weighted by Crippen LogP contribution is -2.42. The highest BCUT2D eigenvalue weighted by atomic mass is 32.2. The molecule has 2 N–H and O–H groups in total. The summed E-state index contributed by atoms with van der Waals surface area (Å²) in [4.78, 5) is 7.76. The molecule has 0 aromatic carbocycles. The zero-order valence-electron chi connectivity index (χ0n) is 10.2. The summed E-state index contributed by atoms with van der Waals surface area (Å²) in [5, 5.41) is 3.23. The number of piperidine rings is 1. The van der Waals surface area contributed by atoms with Crippen LogP contribution in [0.5, 0.6) is 0 Å². The van der Waals surface area contributed by atoms with E-state index in [4.69, 9.17) is 0 Å². The highest BCUT2D eigenvalue weighted by molar-refractivity contribution is 7.89. The van der Waals surface area contributed by atoms with Gasteiger partial charge in [-0.3, -0.25) is 0 Å². The molecule has 1 aliphatic heterocycles. The summed E-state index contributed by atoms with van der Waals surface area (Å²) in [6, 6.07) is 1.77. The molecule has 2 heterocycles. The zero-order valence-corrected chi connectivity index (χ0v) is 11.0. The van der Waals surface area contributed by atoms with Crippen LogP contribution < -0.4 is 10.0 Å². The van der Waals surface area contributed by atoms with Crippen LogP contribution in [0.15, 0.2) is 18.6 Å². The number of sulfonamides is 1. The molecule has 0 radical (unpaired) electrons. The lowest BCUT2D eigenvalue weighted by Gasteiger charge is -2.23. The van der Waals surface area contributed by atoms with E-state index in [9.17, 15) is 8.42 Å². The Balaban J connectivity index is 1.83. The van der Waals surface area contributed by atoms with E-state index in [1.807, 2.05) is 0 Å². The fourth-order valence-corrected chi connectivity index (χ4v) is 3.30. The Morgan fingerprint density at radius 2 is 2.33 bits per heavy atom. The van der Waals surface area contributed by atoms with Gasteiger partial charge >= 0.3 is 0 Å². The quantitative estimate of drug-likeness (QED) is 0.789. The molecule has 1 aliphatic rings. The molecule has 1 unspecified atom stereocenters. The van der Waals surface area contributed by atoms with Gasteiger partial charge in [0, 0.05) is 12.2 Å². The lowest BCUT2D eigenvalue weighted by molar-refractivity contribution is 0.422. The molecule has 7 heteroatoms. The Labute approximate surface area is 107 Å². The Kier molecular flexibility index (Phi) is 4.62. The maximum absolute atomic E-state index is 11.9. The third-order valence-corrected chi connectivity index (χ3v) is 4.37. The maximum Gasteiger partial charge on any atom is 0.213 e. The summed E-state index contributed by atoms with van der Waals surface area (Å²) in [5.74, 6) is 0.137. The Morgan fingerprint density at radius 1 is 1.44 bits per heavy atom. The van der Waals surface area contributed by atoms with Crippen LogP contribution in [0.25, 0.3) is 0 Å². The molecule has 0 saturated carbocycles. The maximum atomic E-state index is 11.9. The normalized spacial score (nSPS) is 20.8. The van der Waals surface area contributed by atoms with Crippen molar-refractivity contribution < 1.29 is 8.42 Å². The van der Waals surface area contributed by atoms with Crippen molar-refractivity contribution in [3.8, 4) is 0 Å². The van der Waals surface area contributed by atoms with Crippen LogP contribution in [-0.2, 0) is 16.6 Å². The van der Waals surface area contributed by atoms with E-state index >= 15 is 0 Å². The van der Waals surface area contributed by atoms with Crippen molar-refractivity contribution in [2.75, 3.05) is 12.3 Å². The van der Waals surface area contributed by atoms with E-state index in [-0.39, 0.29) is 18.3 Å². The van der Waals surface area contributed by atoms with Crippen LogP contribution in [-0.4, -0.2) is 36.7 Å². The topological polar surface area (TPSA) is 84.0 Å². The van der Waals surface area contributed by atoms with Crippen molar-refractivity contribution in [1.29, 1.82) is 0 Å². The van der Waals surface area contributed by atoms with Crippen LogP contribution in [0.3, 0.4) is 0 Å². The summed E-state index contributed by atoms with van der Waals surface area (Å²) in [6.07, 6.45) is 6.16. The molecule has 100 valence electrons. The summed E-state index contributed by atoms with van der Waals surface area (Å²) in [5.41, 5.74) is 0.671. The zero-order chi connectivity index (χ0) is 12.8. The molecule has 1 aromatic rings. The molecular formula is C11H18N4O2S. The first-order chi connectivity index (χ1) is 8.66. The van der Waals surface area contributed by atoms with Gasteiger partial charge in [0.05, 0.1) is 18.0 Å². The molecule has 0 spiro atoms. The predicted octanol–water partition coefficient (Wildman–Crippen LogP) is 0.0381. The van der Waals surface area contributed by atoms with E-state index in [0.717, 1.165) is 25.8 Å². The van der Waals surface area contributed by atoms with Crippen LogP contribution in [0.4, 0.5) is 0 Å². The Bertz CT molecular complexity index is 457. The summed E-state index contributed by atoms with van der Waals surface area (Å²) in [7, 11) is -3.25. The van der Waals surface area contributed by atoms with Crippen LogP contribution in [0.2, 0.25) is 0 Å². The summed E-state index contributed by atoms with van der Waals surface area (Å²) in [6.45, 7) is 1.13. The molecule has 1 fully saturated rings. The van der Waals surface area contributed by atoms with Crippen molar-refractivity contribution >= 4 is 10.0 Å². The molecule has 0 aliphatic carbocycles. The number of nitrogens with zero attached hydrogens (tertiary/aromatic N) is 2. The van der Waals surface area contributed by atoms with Gasteiger partial charge in [-0.15, -0.1) is 0 Å². The number of hydrogen-bond acceptors (Lipinski definition) is 5. The van der Waals surface area contributed by atoms with Crippen molar-refractivity contribution in [2.45, 2.75) is 31.8 Å². The Hall–Kier alpha value is -1.05. The first-order valence-corrected chi connectivity index (χ1v) is 7.76. The van der Waals surface area contributed by atoms with Gasteiger partial charge in [0.2, 0.25) is 10.0 Å². The van der Waals surface area contributed by atoms with Gasteiger partial charge in [0.1, 0.15) is 6.33 Å². The average Bonchev–Trinajstić information content (AvgIpc) is 2.38. The third-order valence-electron chi connectivity index (χ3n) is 2.95. The second-order valence-corrected chi connectivity index (χ2v) is 6.30. The number of aromatic nitrogens is 2. The summed E-state index contributed by atoms with van der Waals surface area (Å²) >= 11 is 0. The minimum absolute atomic E-state index is 0.0710. The van der Waals surface area contributed by atoms with Crippen molar-refractivity contribution in [3.63, 3.8) is 0 Å². The van der Waals surface area contributed by atoms with Crippen LogP contribution in [0, 0.1) is 0 Å². The van der Waals surface area contributed by atoms with Gasteiger partial charge < -0.3 is 5.32 Å². The van der Waals surface area contributed by atoms with E-state index in [1.165, 1.54) is 6.33 Å². The molecule has 18 heavy (non-hydrogen) atoms. The highest BCUT2D eigenvalue weighted by Crippen LogP contribution is 2.08. The average molecular weight is 270 g/mol. The standard InChI is InChI=1S/C11H18N4O2S/c16-18(17,8-11-3-1-2-5-13-11)15-7-10-4-6-12-9-14-10/h4,6,9,11,13,15H,1-3,5,7-8H2. The van der Waals surface area contributed by atoms with Crippen LogP contribution >= 0.6 is 0 Å². The van der Waals surface area contributed by atoms with Gasteiger partial charge in [-0.2, -0.15) is 0 Å². The third kappa shape index (κ3) is 4.32. The van der Waals surface area contributed by atoms with E-state index in [1.54, 1.807) is 12.3 Å². The monoisotopic (exact) mass is 270 g/mol. The van der Waals surface area contributed by atoms with Crippen molar-refractivity contribution in [3.05, 3.63) is 24.3 Å². The fourth-order valence-electron chi connectivity index (χ4n) is 2.00. The molecular weight excluding hydrogens is 252 g/mol. The van der Waals surface area contributed by atoms with Crippen molar-refractivity contribution in [1.82, 2.24) is 20.0 Å². The Morgan fingerprint density at radius 3 is 3.00 bits per heavy atom. The fraction of sp³-hybridized carbons (Fsp3) is 0.636. The van der Waals surface area contributed by atoms with Gasteiger partial charge in [-0.1, -0.05) is 6.42 Å². The molecule has 2 rings (SSSR count). The van der Waals surface area contributed by atoms with Gasteiger partial charge in [0.15, 0.2) is 0 Å². The van der Waals surface area contributed by atoms with Gasteiger partial charge in [0.25, 0.3) is 0 Å². The minimum Gasteiger partial charge on any atom is -0.313 e. The van der Waals surface area contributed by atoms with E-state index in [0.29, 0.717) is 5.69 Å². The number of hydrogen-bond donors (Lipinski definition) is 2. The van der Waals surface area contributed by atoms with Gasteiger partial charge in [-0.25, -0.2) is 23.1 Å². The largest absolute Gasteiger partial charge is 0.313 e. The second kappa shape index (κ2) is 6.21. The second-order valence-electron chi connectivity index (χ2n) is 4.45. The predicted molar refractivity (Wildman–Crippen MR) is 68.3 cm³/mol. The minimum atomic E-state index is -3.25. The molecule has 1 aromatic heterocycles. The van der Waals surface area contributed by atoms with E-state index in [2.05, 4.69) is 20.0 Å². The molecule has 0 amide bonds. The van der Waals surface area contributed by atoms with Gasteiger partial charge in [-0.05, 0) is 25.5 Å². The molecule has 0 bridgehead atoms. The van der Waals surface area contributed by atoms with E-state index < -0.39 is 10.0 Å². The lowest BCUT2D eigenvalue weighted by atomic mass is 10.1.